The lowest BCUT2D eigenvalue weighted by molar-refractivity contribution is -0.117. The number of aliphatic hydroxyl groups is 1. The van der Waals surface area contributed by atoms with Crippen molar-refractivity contribution in [2.75, 3.05) is 44.6 Å². The van der Waals surface area contributed by atoms with Crippen LogP contribution in [0.1, 0.15) is 24.5 Å². The minimum atomic E-state index is 0.0379. The Balaban J connectivity index is 1.79. The molecule has 0 aromatic heterocycles. The Labute approximate surface area is 139 Å². The molecule has 1 amide bonds. The van der Waals surface area contributed by atoms with E-state index in [-0.39, 0.29) is 18.6 Å². The molecular weight excluding hydrogens is 290 g/mol. The van der Waals surface area contributed by atoms with E-state index in [0.717, 1.165) is 38.3 Å². The van der Waals surface area contributed by atoms with E-state index >= 15 is 0 Å². The molecule has 1 aliphatic rings. The molecule has 128 valence electrons. The number of hydrogen-bond acceptors (Lipinski definition) is 4. The topological polar surface area (TPSA) is 55.8 Å². The average molecular weight is 319 g/mol. The third-order valence-electron chi connectivity index (χ3n) is 4.76. The van der Waals surface area contributed by atoms with Gasteiger partial charge in [-0.15, -0.1) is 0 Å². The quantitative estimate of drug-likeness (QED) is 0.837. The molecule has 1 unspecified atom stereocenters. The molecule has 0 aliphatic carbocycles. The van der Waals surface area contributed by atoms with Gasteiger partial charge in [-0.05, 0) is 43.5 Å². The number of rotatable bonds is 6. The van der Waals surface area contributed by atoms with Gasteiger partial charge >= 0.3 is 0 Å². The molecule has 1 fully saturated rings. The Kier molecular flexibility index (Phi) is 6.57. The van der Waals surface area contributed by atoms with Crippen molar-refractivity contribution in [1.29, 1.82) is 0 Å². The summed E-state index contributed by atoms with van der Waals surface area (Å²) in [5, 5.41) is 12.4. The molecule has 1 atom stereocenters. The Hall–Kier alpha value is -1.43. The van der Waals surface area contributed by atoms with E-state index in [1.165, 1.54) is 11.1 Å². The highest BCUT2D eigenvalue weighted by atomic mass is 16.3. The second-order valence-electron chi connectivity index (χ2n) is 6.40. The first-order chi connectivity index (χ1) is 11.0. The van der Waals surface area contributed by atoms with Gasteiger partial charge in [0.05, 0.1) is 13.2 Å². The van der Waals surface area contributed by atoms with Crippen LogP contribution in [0.4, 0.5) is 5.69 Å². The van der Waals surface area contributed by atoms with Gasteiger partial charge in [0.2, 0.25) is 5.91 Å². The van der Waals surface area contributed by atoms with Gasteiger partial charge in [0.25, 0.3) is 0 Å². The number of carbonyl (C=O) groups is 1. The summed E-state index contributed by atoms with van der Waals surface area (Å²) in [6.45, 7) is 10.4. The van der Waals surface area contributed by atoms with E-state index in [0.29, 0.717) is 6.54 Å². The zero-order chi connectivity index (χ0) is 16.8. The molecular formula is C18H29N3O2. The number of hydrogen-bond donors (Lipinski definition) is 2. The summed E-state index contributed by atoms with van der Waals surface area (Å²) in [5.74, 6) is 0.0379. The van der Waals surface area contributed by atoms with E-state index in [2.05, 4.69) is 35.9 Å². The zero-order valence-corrected chi connectivity index (χ0v) is 14.5. The number of nitrogens with zero attached hydrogens (tertiary/aromatic N) is 2. The van der Waals surface area contributed by atoms with Gasteiger partial charge in [-0.2, -0.15) is 0 Å². The molecule has 1 aliphatic heterocycles. The molecule has 2 N–H and O–H groups in total. The van der Waals surface area contributed by atoms with Gasteiger partial charge in [-0.25, -0.2) is 0 Å². The number of anilines is 1. The lowest BCUT2D eigenvalue weighted by atomic mass is 10.1. The number of aryl methyl sites for hydroxylation is 2. The number of amides is 1. The number of nitrogens with one attached hydrogen (secondary N) is 1. The lowest BCUT2D eigenvalue weighted by Gasteiger charge is -2.38. The Morgan fingerprint density at radius 2 is 1.91 bits per heavy atom. The molecule has 2 rings (SSSR count). The molecule has 0 spiro atoms. The average Bonchev–Trinajstić information content (AvgIpc) is 2.53. The molecule has 1 aromatic rings. The Morgan fingerprint density at radius 1 is 1.22 bits per heavy atom. The first kappa shape index (κ1) is 17.9. The van der Waals surface area contributed by atoms with Crippen molar-refractivity contribution < 1.29 is 9.90 Å². The van der Waals surface area contributed by atoms with Gasteiger partial charge in [0.15, 0.2) is 0 Å². The molecule has 5 heteroatoms. The minimum Gasteiger partial charge on any atom is -0.395 e. The van der Waals surface area contributed by atoms with Crippen LogP contribution in [0.5, 0.6) is 0 Å². The fourth-order valence-electron chi connectivity index (χ4n) is 3.01. The van der Waals surface area contributed by atoms with Crippen LogP contribution in [0.15, 0.2) is 18.2 Å². The monoisotopic (exact) mass is 319 g/mol. The van der Waals surface area contributed by atoms with Crippen LogP contribution in [0.2, 0.25) is 0 Å². The van der Waals surface area contributed by atoms with E-state index in [1.807, 2.05) is 18.2 Å². The van der Waals surface area contributed by atoms with Crippen LogP contribution in [0, 0.1) is 13.8 Å². The SMILES string of the molecule is CCC(CO)N1CCN(CC(=O)Nc2ccc(C)c(C)c2)CC1. The van der Waals surface area contributed by atoms with E-state index < -0.39 is 0 Å². The zero-order valence-electron chi connectivity index (χ0n) is 14.5. The molecule has 0 radical (unpaired) electrons. The largest absolute Gasteiger partial charge is 0.395 e. The lowest BCUT2D eigenvalue weighted by Crippen LogP contribution is -2.52. The maximum Gasteiger partial charge on any atom is 0.238 e. The van der Waals surface area contributed by atoms with Crippen molar-refractivity contribution in [2.24, 2.45) is 0 Å². The highest BCUT2D eigenvalue weighted by Gasteiger charge is 2.23. The summed E-state index contributed by atoms with van der Waals surface area (Å²) in [4.78, 5) is 16.7. The molecule has 5 nitrogen and oxygen atoms in total. The summed E-state index contributed by atoms with van der Waals surface area (Å²) in [6, 6.07) is 6.24. The second-order valence-corrected chi connectivity index (χ2v) is 6.40. The molecule has 1 saturated heterocycles. The summed E-state index contributed by atoms with van der Waals surface area (Å²) in [7, 11) is 0. The maximum absolute atomic E-state index is 12.2. The predicted octanol–water partition coefficient (Wildman–Crippen LogP) is 1.63. The molecule has 1 aromatic carbocycles. The van der Waals surface area contributed by atoms with Gasteiger partial charge in [-0.3, -0.25) is 14.6 Å². The highest BCUT2D eigenvalue weighted by molar-refractivity contribution is 5.92. The van der Waals surface area contributed by atoms with E-state index in [1.54, 1.807) is 0 Å². The van der Waals surface area contributed by atoms with E-state index in [4.69, 9.17) is 0 Å². The van der Waals surface area contributed by atoms with Crippen molar-refractivity contribution in [3.63, 3.8) is 0 Å². The first-order valence-corrected chi connectivity index (χ1v) is 8.47. The summed E-state index contributed by atoms with van der Waals surface area (Å²) < 4.78 is 0. The van der Waals surface area contributed by atoms with Gasteiger partial charge in [0.1, 0.15) is 0 Å². The van der Waals surface area contributed by atoms with Crippen molar-refractivity contribution in [1.82, 2.24) is 9.80 Å². The van der Waals surface area contributed by atoms with Crippen molar-refractivity contribution in [3.8, 4) is 0 Å². The van der Waals surface area contributed by atoms with Gasteiger partial charge in [0, 0.05) is 37.9 Å². The molecule has 0 bridgehead atoms. The van der Waals surface area contributed by atoms with Crippen LogP contribution >= 0.6 is 0 Å². The summed E-state index contributed by atoms with van der Waals surface area (Å²) in [5.41, 5.74) is 3.28. The first-order valence-electron chi connectivity index (χ1n) is 8.47. The normalized spacial score (nSPS) is 17.9. The molecule has 0 saturated carbocycles. The number of piperazine rings is 1. The highest BCUT2D eigenvalue weighted by Crippen LogP contribution is 2.14. The molecule has 23 heavy (non-hydrogen) atoms. The summed E-state index contributed by atoms with van der Waals surface area (Å²) in [6.07, 6.45) is 0.962. The predicted molar refractivity (Wildman–Crippen MR) is 93.7 cm³/mol. The fourth-order valence-corrected chi connectivity index (χ4v) is 3.01. The van der Waals surface area contributed by atoms with Gasteiger partial charge < -0.3 is 10.4 Å². The Morgan fingerprint density at radius 3 is 2.48 bits per heavy atom. The number of aliphatic hydroxyl groups excluding tert-OH is 1. The van der Waals surface area contributed by atoms with Crippen LogP contribution < -0.4 is 5.32 Å². The Bertz CT molecular complexity index is 521. The maximum atomic E-state index is 12.2. The fraction of sp³-hybridized carbons (Fsp3) is 0.611. The number of benzene rings is 1. The minimum absolute atomic E-state index is 0.0379. The number of carbonyl (C=O) groups excluding carboxylic acids is 1. The van der Waals surface area contributed by atoms with Crippen LogP contribution in [-0.2, 0) is 4.79 Å². The third-order valence-corrected chi connectivity index (χ3v) is 4.76. The van der Waals surface area contributed by atoms with Crippen molar-refractivity contribution in [2.45, 2.75) is 33.2 Å². The van der Waals surface area contributed by atoms with Crippen LogP contribution in [0.25, 0.3) is 0 Å². The van der Waals surface area contributed by atoms with Crippen LogP contribution in [-0.4, -0.2) is 66.2 Å². The van der Waals surface area contributed by atoms with Gasteiger partial charge in [-0.1, -0.05) is 13.0 Å². The third kappa shape index (κ3) is 5.03. The van der Waals surface area contributed by atoms with Crippen molar-refractivity contribution in [3.05, 3.63) is 29.3 Å². The van der Waals surface area contributed by atoms with Crippen molar-refractivity contribution >= 4 is 11.6 Å². The second kappa shape index (κ2) is 8.43. The van der Waals surface area contributed by atoms with E-state index in [9.17, 15) is 9.90 Å². The van der Waals surface area contributed by atoms with Crippen LogP contribution in [0.3, 0.4) is 0 Å². The molecule has 1 heterocycles. The standard InChI is InChI=1S/C18H29N3O2/c1-4-17(13-22)21-9-7-20(8-10-21)12-18(23)19-16-6-5-14(2)15(3)11-16/h5-6,11,17,22H,4,7-10,12-13H2,1-3H3,(H,19,23). The smallest absolute Gasteiger partial charge is 0.238 e. The summed E-state index contributed by atoms with van der Waals surface area (Å²) >= 11 is 0.